The summed E-state index contributed by atoms with van der Waals surface area (Å²) >= 11 is 3.43. The SMILES string of the molecule is CCc1nnc(Nc2cc(OC)c(Br)c(OC)c2)c(C#N)c1CC. The molecule has 0 aliphatic carbocycles. The summed E-state index contributed by atoms with van der Waals surface area (Å²) in [6, 6.07) is 5.84. The van der Waals surface area contributed by atoms with Gasteiger partial charge >= 0.3 is 0 Å². The van der Waals surface area contributed by atoms with Crippen molar-refractivity contribution in [3.63, 3.8) is 0 Å². The van der Waals surface area contributed by atoms with E-state index in [2.05, 4.69) is 37.5 Å². The number of hydrogen-bond donors (Lipinski definition) is 1. The molecule has 126 valence electrons. The Morgan fingerprint density at radius 3 is 2.21 bits per heavy atom. The molecule has 24 heavy (non-hydrogen) atoms. The van der Waals surface area contributed by atoms with Crippen molar-refractivity contribution in [2.24, 2.45) is 0 Å². The standard InChI is InChI=1S/C17H19BrN4O2/c1-5-11-12(9-19)17(22-21-13(11)6-2)20-10-7-14(23-3)16(18)15(8-10)24-4/h7-8H,5-6H2,1-4H3,(H,20,22). The highest BCUT2D eigenvalue weighted by Crippen LogP contribution is 2.38. The number of anilines is 2. The van der Waals surface area contributed by atoms with E-state index in [4.69, 9.17) is 9.47 Å². The number of nitriles is 1. The van der Waals surface area contributed by atoms with Crippen molar-refractivity contribution in [2.75, 3.05) is 19.5 Å². The Morgan fingerprint density at radius 1 is 1.12 bits per heavy atom. The third kappa shape index (κ3) is 3.44. The first-order chi connectivity index (χ1) is 11.6. The van der Waals surface area contributed by atoms with Crippen LogP contribution in [0.25, 0.3) is 0 Å². The average molecular weight is 391 g/mol. The highest BCUT2D eigenvalue weighted by atomic mass is 79.9. The monoisotopic (exact) mass is 390 g/mol. The van der Waals surface area contributed by atoms with Gasteiger partial charge in [-0.25, -0.2) is 0 Å². The van der Waals surface area contributed by atoms with Crippen molar-refractivity contribution in [3.05, 3.63) is 33.4 Å². The number of nitrogens with one attached hydrogen (secondary N) is 1. The molecule has 1 aromatic heterocycles. The molecular weight excluding hydrogens is 372 g/mol. The fourth-order valence-corrected chi connectivity index (χ4v) is 3.01. The number of aromatic nitrogens is 2. The topological polar surface area (TPSA) is 80.1 Å². The summed E-state index contributed by atoms with van der Waals surface area (Å²) in [4.78, 5) is 0. The normalized spacial score (nSPS) is 10.2. The molecule has 0 unspecified atom stereocenters. The largest absolute Gasteiger partial charge is 0.495 e. The van der Waals surface area contributed by atoms with Crippen LogP contribution in [0.2, 0.25) is 0 Å². The molecule has 0 saturated heterocycles. The molecule has 0 radical (unpaired) electrons. The van der Waals surface area contributed by atoms with Gasteiger partial charge in [0, 0.05) is 17.8 Å². The fourth-order valence-electron chi connectivity index (χ4n) is 2.46. The van der Waals surface area contributed by atoms with Gasteiger partial charge in [0.1, 0.15) is 27.6 Å². The van der Waals surface area contributed by atoms with Crippen LogP contribution in [-0.4, -0.2) is 24.4 Å². The van der Waals surface area contributed by atoms with Gasteiger partial charge < -0.3 is 14.8 Å². The molecule has 0 fully saturated rings. The number of halogens is 1. The van der Waals surface area contributed by atoms with E-state index in [1.165, 1.54) is 0 Å². The molecule has 1 heterocycles. The minimum absolute atomic E-state index is 0.429. The summed E-state index contributed by atoms with van der Waals surface area (Å²) in [7, 11) is 3.16. The Hall–Kier alpha value is -2.33. The molecule has 0 aliphatic heterocycles. The maximum Gasteiger partial charge on any atom is 0.171 e. The highest BCUT2D eigenvalue weighted by Gasteiger charge is 2.16. The summed E-state index contributed by atoms with van der Waals surface area (Å²) in [5, 5.41) is 21.1. The molecule has 1 aromatic carbocycles. The van der Waals surface area contributed by atoms with E-state index in [1.54, 1.807) is 26.4 Å². The van der Waals surface area contributed by atoms with Crippen LogP contribution >= 0.6 is 15.9 Å². The van der Waals surface area contributed by atoms with Crippen LogP contribution in [-0.2, 0) is 12.8 Å². The summed E-state index contributed by atoms with van der Waals surface area (Å²) in [6.07, 6.45) is 1.47. The number of hydrogen-bond acceptors (Lipinski definition) is 6. The molecule has 7 heteroatoms. The molecule has 0 amide bonds. The van der Waals surface area contributed by atoms with Crippen molar-refractivity contribution in [3.8, 4) is 17.6 Å². The van der Waals surface area contributed by atoms with E-state index < -0.39 is 0 Å². The minimum Gasteiger partial charge on any atom is -0.495 e. The van der Waals surface area contributed by atoms with E-state index in [0.29, 0.717) is 28.6 Å². The van der Waals surface area contributed by atoms with Crippen molar-refractivity contribution in [2.45, 2.75) is 26.7 Å². The predicted molar refractivity (Wildman–Crippen MR) is 96.0 cm³/mol. The van der Waals surface area contributed by atoms with Gasteiger partial charge in [-0.1, -0.05) is 13.8 Å². The van der Waals surface area contributed by atoms with Crippen LogP contribution in [0.15, 0.2) is 16.6 Å². The van der Waals surface area contributed by atoms with E-state index in [-0.39, 0.29) is 0 Å². The van der Waals surface area contributed by atoms with Crippen molar-refractivity contribution < 1.29 is 9.47 Å². The molecule has 0 saturated carbocycles. The Balaban J connectivity index is 2.51. The molecular formula is C17H19BrN4O2. The smallest absolute Gasteiger partial charge is 0.171 e. The Morgan fingerprint density at radius 2 is 1.75 bits per heavy atom. The summed E-state index contributed by atoms with van der Waals surface area (Å²) in [5.74, 6) is 1.66. The number of methoxy groups -OCH3 is 2. The lowest BCUT2D eigenvalue weighted by Gasteiger charge is -2.15. The van der Waals surface area contributed by atoms with Gasteiger partial charge in [-0.2, -0.15) is 10.4 Å². The minimum atomic E-state index is 0.429. The van der Waals surface area contributed by atoms with Crippen LogP contribution in [0.4, 0.5) is 11.5 Å². The van der Waals surface area contributed by atoms with Crippen LogP contribution in [0.1, 0.15) is 30.7 Å². The highest BCUT2D eigenvalue weighted by molar-refractivity contribution is 9.10. The maximum atomic E-state index is 9.56. The van der Waals surface area contributed by atoms with Crippen LogP contribution < -0.4 is 14.8 Å². The molecule has 1 N–H and O–H groups in total. The second-order valence-corrected chi connectivity index (χ2v) is 5.78. The van der Waals surface area contributed by atoms with Crippen molar-refractivity contribution in [1.29, 1.82) is 5.26 Å². The Bertz CT molecular complexity index is 762. The Labute approximate surface area is 149 Å². The second kappa shape index (κ2) is 7.97. The van der Waals surface area contributed by atoms with Crippen molar-refractivity contribution >= 4 is 27.4 Å². The molecule has 0 bridgehead atoms. The van der Waals surface area contributed by atoms with Crippen LogP contribution in [0.3, 0.4) is 0 Å². The van der Waals surface area contributed by atoms with Gasteiger partial charge in [0.15, 0.2) is 5.82 Å². The zero-order valence-electron chi connectivity index (χ0n) is 14.1. The van der Waals surface area contributed by atoms with Gasteiger partial charge in [-0.15, -0.1) is 5.10 Å². The quantitative estimate of drug-likeness (QED) is 0.802. The number of aryl methyl sites for hydroxylation is 1. The van der Waals surface area contributed by atoms with Crippen LogP contribution in [0.5, 0.6) is 11.5 Å². The van der Waals surface area contributed by atoms with Gasteiger partial charge in [-0.05, 0) is 34.3 Å². The molecule has 2 aromatic rings. The molecule has 6 nitrogen and oxygen atoms in total. The summed E-state index contributed by atoms with van der Waals surface area (Å²) in [5.41, 5.74) is 2.99. The Kier molecular flexibility index (Phi) is 5.99. The molecule has 0 atom stereocenters. The first-order valence-electron chi connectivity index (χ1n) is 7.56. The van der Waals surface area contributed by atoms with Gasteiger partial charge in [0.2, 0.25) is 0 Å². The molecule has 2 rings (SSSR count). The third-order valence-electron chi connectivity index (χ3n) is 3.67. The number of rotatable bonds is 6. The third-order valence-corrected chi connectivity index (χ3v) is 4.45. The predicted octanol–water partition coefficient (Wildman–Crippen LogP) is 4.00. The van der Waals surface area contributed by atoms with E-state index >= 15 is 0 Å². The lowest BCUT2D eigenvalue weighted by molar-refractivity contribution is 0.390. The zero-order valence-corrected chi connectivity index (χ0v) is 15.7. The average Bonchev–Trinajstić information content (AvgIpc) is 2.62. The summed E-state index contributed by atoms with van der Waals surface area (Å²) < 4.78 is 11.4. The van der Waals surface area contributed by atoms with E-state index in [1.807, 2.05) is 13.8 Å². The number of nitrogens with zero attached hydrogens (tertiary/aromatic N) is 3. The molecule has 0 spiro atoms. The first kappa shape index (κ1) is 18.0. The fraction of sp³-hybridized carbons (Fsp3) is 0.353. The van der Waals surface area contributed by atoms with Crippen LogP contribution in [0, 0.1) is 11.3 Å². The van der Waals surface area contributed by atoms with Crippen molar-refractivity contribution in [1.82, 2.24) is 10.2 Å². The van der Waals surface area contributed by atoms with E-state index in [0.717, 1.165) is 28.6 Å². The maximum absolute atomic E-state index is 9.56. The van der Waals surface area contributed by atoms with Gasteiger partial charge in [0.25, 0.3) is 0 Å². The number of ether oxygens (including phenoxy) is 2. The first-order valence-corrected chi connectivity index (χ1v) is 8.35. The van der Waals surface area contributed by atoms with Gasteiger partial charge in [0.05, 0.1) is 19.9 Å². The summed E-state index contributed by atoms with van der Waals surface area (Å²) in [6.45, 7) is 4.01. The lowest BCUT2D eigenvalue weighted by atomic mass is 10.0. The van der Waals surface area contributed by atoms with E-state index in [9.17, 15) is 5.26 Å². The second-order valence-electron chi connectivity index (χ2n) is 4.99. The number of benzene rings is 1. The van der Waals surface area contributed by atoms with Gasteiger partial charge in [-0.3, -0.25) is 0 Å². The lowest BCUT2D eigenvalue weighted by Crippen LogP contribution is -2.07. The molecule has 0 aliphatic rings. The zero-order chi connectivity index (χ0) is 17.7.